The second kappa shape index (κ2) is 15.8. The minimum absolute atomic E-state index is 0.0788. The molecule has 4 rings (SSSR count). The minimum atomic E-state index is -1.03. The number of hydrogen-bond donors (Lipinski definition) is 3. The predicted molar refractivity (Wildman–Crippen MR) is 177 cm³/mol. The van der Waals surface area contributed by atoms with Crippen molar-refractivity contribution in [2.75, 3.05) is 19.7 Å². The molecule has 1 saturated heterocycles. The first kappa shape index (κ1) is 36.6. The number of Topliss-reactive ketones (excluding diaryl/α,β-unsaturated/α-hetero) is 2. The van der Waals surface area contributed by atoms with Gasteiger partial charge in [-0.1, -0.05) is 66.4 Å². The molecule has 262 valence electrons. The van der Waals surface area contributed by atoms with Crippen molar-refractivity contribution in [3.05, 3.63) is 12.7 Å². The second-order valence-electron chi connectivity index (χ2n) is 15.3. The van der Waals surface area contributed by atoms with Gasteiger partial charge in [-0.15, -0.1) is 6.58 Å². The molecule has 0 bridgehead atoms. The van der Waals surface area contributed by atoms with Crippen molar-refractivity contribution < 1.29 is 33.5 Å². The molecule has 0 spiro atoms. The third-order valence-corrected chi connectivity index (χ3v) is 10.8. The van der Waals surface area contributed by atoms with Gasteiger partial charge < -0.3 is 25.6 Å². The SMILES string of the molecule is C=CCNC(=O)C(=O)C(CCC)NC(=O)C1C2C(CN1C(=O)C(NC(=O)OCC(C)C)C1CCC[C@@H](C(=O)CCC3CC3)C1)C2(C)C. The maximum atomic E-state index is 14.5. The molecule has 4 fully saturated rings. The van der Waals surface area contributed by atoms with Crippen LogP contribution in [-0.2, 0) is 28.7 Å². The molecule has 11 nitrogen and oxygen atoms in total. The van der Waals surface area contributed by atoms with Crippen molar-refractivity contribution >= 4 is 35.4 Å². The normalized spacial score (nSPS) is 27.2. The molecule has 47 heavy (non-hydrogen) atoms. The lowest BCUT2D eigenvalue weighted by Gasteiger charge is -2.38. The van der Waals surface area contributed by atoms with Gasteiger partial charge in [0.05, 0.1) is 12.6 Å². The van der Waals surface area contributed by atoms with Crippen LogP contribution in [0.4, 0.5) is 4.79 Å². The van der Waals surface area contributed by atoms with Crippen LogP contribution in [0.2, 0.25) is 0 Å². The van der Waals surface area contributed by atoms with Crippen LogP contribution in [-0.4, -0.2) is 78.1 Å². The van der Waals surface area contributed by atoms with Crippen molar-refractivity contribution in [1.82, 2.24) is 20.9 Å². The number of piperidine rings is 1. The average molecular weight is 657 g/mol. The molecule has 1 aliphatic heterocycles. The molecule has 3 saturated carbocycles. The summed E-state index contributed by atoms with van der Waals surface area (Å²) in [4.78, 5) is 81.8. The molecule has 3 N–H and O–H groups in total. The number of alkyl carbamates (subject to hydrolysis) is 1. The zero-order valence-corrected chi connectivity index (χ0v) is 29.0. The number of rotatable bonds is 17. The van der Waals surface area contributed by atoms with E-state index in [1.54, 1.807) is 4.90 Å². The standard InChI is InChI=1S/C36H56N4O7/c1-7-10-26(31(42)33(44)37-17-8-2)38-32(43)30-28-25(36(28,5)6)19-40(30)34(45)29(39-35(46)47-20-21(3)4)24-12-9-11-23(18-24)27(41)16-15-22-13-14-22/h8,21-26,28-30H,2,7,9-20H2,1,3-6H3,(H,37,44)(H,38,43)(H,39,46)/t23-,24?,25?,26?,28?,29?,30?/m1/s1. The van der Waals surface area contributed by atoms with E-state index in [-0.39, 0.29) is 66.3 Å². The Labute approximate surface area is 279 Å². The number of ketones is 2. The third-order valence-electron chi connectivity index (χ3n) is 10.8. The molecule has 6 unspecified atom stereocenters. The van der Waals surface area contributed by atoms with Gasteiger partial charge in [0.25, 0.3) is 5.91 Å². The van der Waals surface area contributed by atoms with E-state index < -0.39 is 41.8 Å². The lowest BCUT2D eigenvalue weighted by atomic mass is 9.75. The molecule has 11 heteroatoms. The summed E-state index contributed by atoms with van der Waals surface area (Å²) in [5, 5.41) is 8.15. The Hall–Kier alpha value is -3.24. The van der Waals surface area contributed by atoms with Gasteiger partial charge in [0, 0.05) is 25.4 Å². The first-order valence-corrected chi connectivity index (χ1v) is 17.8. The number of fused-ring (bicyclic) bond motifs is 1. The fraction of sp³-hybridized carbons (Fsp3) is 0.778. The Kier molecular flexibility index (Phi) is 12.3. The monoisotopic (exact) mass is 656 g/mol. The van der Waals surface area contributed by atoms with E-state index >= 15 is 0 Å². The Morgan fingerprint density at radius 3 is 2.40 bits per heavy atom. The van der Waals surface area contributed by atoms with Crippen molar-refractivity contribution in [2.24, 2.45) is 40.9 Å². The largest absolute Gasteiger partial charge is 0.449 e. The fourth-order valence-electron chi connectivity index (χ4n) is 7.79. The van der Waals surface area contributed by atoms with Crippen molar-refractivity contribution in [3.8, 4) is 0 Å². The van der Waals surface area contributed by atoms with E-state index in [2.05, 4.69) is 36.4 Å². The van der Waals surface area contributed by atoms with E-state index in [1.807, 2.05) is 20.8 Å². The Morgan fingerprint density at radius 2 is 1.77 bits per heavy atom. The van der Waals surface area contributed by atoms with Crippen LogP contribution in [0.3, 0.4) is 0 Å². The van der Waals surface area contributed by atoms with E-state index in [4.69, 9.17) is 4.74 Å². The van der Waals surface area contributed by atoms with Gasteiger partial charge >= 0.3 is 6.09 Å². The molecule has 0 aromatic rings. The Balaban J connectivity index is 1.54. The molecular formula is C36H56N4O7. The molecule has 4 amide bonds. The first-order chi connectivity index (χ1) is 22.3. The number of carbonyl (C=O) groups excluding carboxylic acids is 6. The zero-order chi connectivity index (χ0) is 34.5. The average Bonchev–Trinajstić information content (AvgIpc) is 3.91. The summed E-state index contributed by atoms with van der Waals surface area (Å²) in [6, 6.07) is -2.85. The Morgan fingerprint density at radius 1 is 1.04 bits per heavy atom. The molecular weight excluding hydrogens is 600 g/mol. The molecule has 4 aliphatic rings. The molecule has 0 aromatic carbocycles. The summed E-state index contributed by atoms with van der Waals surface area (Å²) < 4.78 is 5.43. The highest BCUT2D eigenvalue weighted by Crippen LogP contribution is 2.65. The van der Waals surface area contributed by atoms with Gasteiger partial charge in [0.15, 0.2) is 0 Å². The number of nitrogens with one attached hydrogen (secondary N) is 3. The van der Waals surface area contributed by atoms with Crippen LogP contribution in [0.1, 0.15) is 98.8 Å². The smallest absolute Gasteiger partial charge is 0.407 e. The molecule has 1 heterocycles. The summed E-state index contributed by atoms with van der Waals surface area (Å²) in [7, 11) is 0. The van der Waals surface area contributed by atoms with Crippen LogP contribution in [0.15, 0.2) is 12.7 Å². The minimum Gasteiger partial charge on any atom is -0.449 e. The highest BCUT2D eigenvalue weighted by Gasteiger charge is 2.69. The van der Waals surface area contributed by atoms with Crippen molar-refractivity contribution in [2.45, 2.75) is 117 Å². The first-order valence-electron chi connectivity index (χ1n) is 17.8. The van der Waals surface area contributed by atoms with Gasteiger partial charge in [-0.25, -0.2) is 4.79 Å². The number of ether oxygens (including phenoxy) is 1. The highest BCUT2D eigenvalue weighted by atomic mass is 16.5. The predicted octanol–water partition coefficient (Wildman–Crippen LogP) is 3.94. The molecule has 0 radical (unpaired) electrons. The van der Waals surface area contributed by atoms with E-state index in [0.29, 0.717) is 38.1 Å². The maximum Gasteiger partial charge on any atom is 0.407 e. The van der Waals surface area contributed by atoms with Crippen molar-refractivity contribution in [3.63, 3.8) is 0 Å². The summed E-state index contributed by atoms with van der Waals surface area (Å²) in [6.07, 6.45) is 8.19. The molecule has 3 aliphatic carbocycles. The third kappa shape index (κ3) is 9.02. The van der Waals surface area contributed by atoms with E-state index in [1.165, 1.54) is 18.9 Å². The van der Waals surface area contributed by atoms with Crippen LogP contribution in [0.25, 0.3) is 0 Å². The van der Waals surface area contributed by atoms with Crippen LogP contribution < -0.4 is 16.0 Å². The van der Waals surface area contributed by atoms with E-state index in [0.717, 1.165) is 19.3 Å². The number of likely N-dealkylation sites (tertiary alicyclic amines) is 1. The van der Waals surface area contributed by atoms with Gasteiger partial charge in [0.2, 0.25) is 17.6 Å². The van der Waals surface area contributed by atoms with Crippen LogP contribution in [0.5, 0.6) is 0 Å². The van der Waals surface area contributed by atoms with Crippen LogP contribution in [0, 0.1) is 40.9 Å². The summed E-state index contributed by atoms with van der Waals surface area (Å²) in [5.74, 6) is -1.86. The topological polar surface area (TPSA) is 151 Å². The number of hydrogen-bond acceptors (Lipinski definition) is 7. The summed E-state index contributed by atoms with van der Waals surface area (Å²) in [6.45, 7) is 14.1. The number of nitrogens with zero attached hydrogens (tertiary/aromatic N) is 1. The lowest BCUT2D eigenvalue weighted by molar-refractivity contribution is -0.145. The van der Waals surface area contributed by atoms with Gasteiger partial charge in [-0.2, -0.15) is 0 Å². The van der Waals surface area contributed by atoms with Crippen molar-refractivity contribution in [1.29, 1.82) is 0 Å². The summed E-state index contributed by atoms with van der Waals surface area (Å²) >= 11 is 0. The molecule has 0 aromatic heterocycles. The molecule has 7 atom stereocenters. The quantitative estimate of drug-likeness (QED) is 0.159. The fourth-order valence-corrected chi connectivity index (χ4v) is 7.79. The van der Waals surface area contributed by atoms with Gasteiger partial charge in [-0.3, -0.25) is 24.0 Å². The zero-order valence-electron chi connectivity index (χ0n) is 29.0. The van der Waals surface area contributed by atoms with Gasteiger partial charge in [-0.05, 0) is 67.1 Å². The number of amides is 4. The maximum absolute atomic E-state index is 14.5. The highest BCUT2D eigenvalue weighted by molar-refractivity contribution is 6.38. The second-order valence-corrected chi connectivity index (χ2v) is 15.3. The number of carbonyl (C=O) groups is 6. The lowest BCUT2D eigenvalue weighted by Crippen LogP contribution is -2.60. The Bertz CT molecular complexity index is 1210. The van der Waals surface area contributed by atoms with Crippen LogP contribution >= 0.6 is 0 Å². The van der Waals surface area contributed by atoms with Gasteiger partial charge in [0.1, 0.15) is 17.9 Å². The summed E-state index contributed by atoms with van der Waals surface area (Å²) in [5.41, 5.74) is -0.187. The van der Waals surface area contributed by atoms with E-state index in [9.17, 15) is 28.8 Å².